The number of phenols is 4. The molecule has 1 unspecified atom stereocenters. The van der Waals surface area contributed by atoms with Crippen LogP contribution in [-0.2, 0) is 0 Å². The van der Waals surface area contributed by atoms with E-state index in [2.05, 4.69) is 26.2 Å². The number of benzene rings is 2. The Morgan fingerprint density at radius 2 is 1.64 bits per heavy atom. The van der Waals surface area contributed by atoms with Gasteiger partial charge in [0, 0.05) is 5.56 Å². The molecule has 0 bridgehead atoms. The number of nitrogens with one attached hydrogen (secondary N) is 1. The molecule has 0 aliphatic carbocycles. The van der Waals surface area contributed by atoms with Crippen LogP contribution in [0.2, 0.25) is 0 Å². The molecule has 1 aliphatic heterocycles. The van der Waals surface area contributed by atoms with Gasteiger partial charge in [0.2, 0.25) is 0 Å². The maximum absolute atomic E-state index is 12.2. The fourth-order valence-electron chi connectivity index (χ4n) is 2.23. The van der Waals surface area contributed by atoms with Crippen LogP contribution in [0.5, 0.6) is 23.0 Å². The number of thioether (sulfide) groups is 1. The monoisotopic (exact) mass is 424 g/mol. The van der Waals surface area contributed by atoms with Gasteiger partial charge in [0.1, 0.15) is 6.04 Å². The van der Waals surface area contributed by atoms with Gasteiger partial charge in [0.15, 0.2) is 28.2 Å². The number of alkyl halides is 1. The molecule has 2 atom stereocenters. The lowest BCUT2D eigenvalue weighted by atomic mass is 10.1. The molecule has 3 rings (SSSR count). The van der Waals surface area contributed by atoms with Gasteiger partial charge in [-0.25, -0.2) is 0 Å². The first-order valence-electron chi connectivity index (χ1n) is 7.09. The van der Waals surface area contributed by atoms with Crippen LogP contribution in [-0.4, -0.2) is 35.7 Å². The molecule has 0 saturated heterocycles. The Balaban J connectivity index is 1.77. The first-order chi connectivity index (χ1) is 11.8. The molecule has 130 valence electrons. The summed E-state index contributed by atoms with van der Waals surface area (Å²) in [5.74, 6) is -1.63. The highest BCUT2D eigenvalue weighted by Gasteiger charge is 2.31. The largest absolute Gasteiger partial charge is 0.504 e. The molecule has 0 saturated carbocycles. The molecule has 1 heterocycles. The quantitative estimate of drug-likeness (QED) is 0.373. The number of carbonyl (C=O) groups is 1. The third-order valence-corrected chi connectivity index (χ3v) is 5.50. The van der Waals surface area contributed by atoms with Crippen LogP contribution in [0.25, 0.3) is 0 Å². The van der Waals surface area contributed by atoms with Crippen molar-refractivity contribution in [3.63, 3.8) is 0 Å². The Bertz CT molecular complexity index is 874. The third-order valence-electron chi connectivity index (χ3n) is 3.53. The number of halogens is 1. The van der Waals surface area contributed by atoms with E-state index in [4.69, 9.17) is 0 Å². The fourth-order valence-corrected chi connectivity index (χ4v) is 4.07. The molecule has 0 fully saturated rings. The fraction of sp³-hybridized carbons (Fsp3) is 0.125. The van der Waals surface area contributed by atoms with E-state index in [0.29, 0.717) is 10.7 Å². The normalized spacial score (nSPS) is 19.5. The van der Waals surface area contributed by atoms with Gasteiger partial charge in [-0.3, -0.25) is 9.79 Å². The van der Waals surface area contributed by atoms with Gasteiger partial charge in [0.25, 0.3) is 5.91 Å². The van der Waals surface area contributed by atoms with Crippen LogP contribution >= 0.6 is 27.7 Å². The van der Waals surface area contributed by atoms with E-state index in [1.165, 1.54) is 36.0 Å². The van der Waals surface area contributed by atoms with E-state index < -0.39 is 5.91 Å². The lowest BCUT2D eigenvalue weighted by Gasteiger charge is -2.11. The molecule has 5 N–H and O–H groups in total. The van der Waals surface area contributed by atoms with Crippen molar-refractivity contribution < 1.29 is 25.2 Å². The molecular weight excluding hydrogens is 412 g/mol. The summed E-state index contributed by atoms with van der Waals surface area (Å²) in [4.78, 5) is 16.6. The molecule has 2 aromatic carbocycles. The van der Waals surface area contributed by atoms with Gasteiger partial charge < -0.3 is 25.7 Å². The molecule has 0 spiro atoms. The van der Waals surface area contributed by atoms with Crippen LogP contribution in [0.3, 0.4) is 0 Å². The number of hydrogen-bond acceptors (Lipinski definition) is 7. The molecule has 7 nitrogen and oxygen atoms in total. The van der Waals surface area contributed by atoms with Crippen molar-refractivity contribution in [3.05, 3.63) is 47.5 Å². The lowest BCUT2D eigenvalue weighted by Crippen LogP contribution is -2.27. The van der Waals surface area contributed by atoms with Crippen molar-refractivity contribution in [2.24, 2.45) is 4.99 Å². The number of aromatic hydroxyl groups is 4. The zero-order valence-corrected chi connectivity index (χ0v) is 15.0. The van der Waals surface area contributed by atoms with Crippen molar-refractivity contribution in [2.45, 2.75) is 10.2 Å². The zero-order valence-electron chi connectivity index (χ0n) is 12.5. The molecule has 2 aromatic rings. The smallest absolute Gasteiger partial charge is 0.257 e. The van der Waals surface area contributed by atoms with E-state index in [-0.39, 0.29) is 38.8 Å². The predicted molar refractivity (Wildman–Crippen MR) is 97.5 cm³/mol. The highest BCUT2D eigenvalue weighted by Crippen LogP contribution is 2.42. The molecule has 25 heavy (non-hydrogen) atoms. The van der Waals surface area contributed by atoms with Gasteiger partial charge >= 0.3 is 0 Å². The number of rotatable bonds is 2. The maximum atomic E-state index is 12.2. The summed E-state index contributed by atoms with van der Waals surface area (Å²) in [6, 6.07) is 7.84. The van der Waals surface area contributed by atoms with Crippen LogP contribution in [0.1, 0.15) is 22.0 Å². The number of hydrogen-bond donors (Lipinski definition) is 5. The molecule has 1 aliphatic rings. The zero-order chi connectivity index (χ0) is 18.1. The molecule has 0 radical (unpaired) electrons. The van der Waals surface area contributed by atoms with Crippen molar-refractivity contribution in [1.29, 1.82) is 0 Å². The van der Waals surface area contributed by atoms with Crippen molar-refractivity contribution in [3.8, 4) is 23.0 Å². The van der Waals surface area contributed by atoms with E-state index in [0.717, 1.165) is 6.07 Å². The summed E-state index contributed by atoms with van der Waals surface area (Å²) in [6.07, 6.45) is 0. The van der Waals surface area contributed by atoms with Gasteiger partial charge in [-0.15, -0.1) is 0 Å². The van der Waals surface area contributed by atoms with Crippen LogP contribution in [0.15, 0.2) is 41.4 Å². The Hall–Kier alpha value is -2.39. The number of nitrogens with zero attached hydrogens (tertiary/aromatic N) is 1. The Kier molecular flexibility index (Phi) is 4.78. The summed E-state index contributed by atoms with van der Waals surface area (Å²) in [5, 5.41) is 40.8. The SMILES string of the molecule is O=C(NC1=NC(c2ccc(O)c(O)c2)[C@@H](Br)S1)c1ccc(O)c(O)c1. The second kappa shape index (κ2) is 6.85. The molecule has 1 amide bonds. The average Bonchev–Trinajstić information content (AvgIpc) is 2.93. The van der Waals surface area contributed by atoms with Gasteiger partial charge in [-0.1, -0.05) is 33.8 Å². The van der Waals surface area contributed by atoms with E-state index in [1.807, 2.05) is 0 Å². The molecular formula is C16H13BrN2O5S. The maximum Gasteiger partial charge on any atom is 0.257 e. The number of carbonyl (C=O) groups excluding carboxylic acids is 1. The molecule has 0 aromatic heterocycles. The van der Waals surface area contributed by atoms with Crippen LogP contribution in [0, 0.1) is 0 Å². The highest BCUT2D eigenvalue weighted by molar-refractivity contribution is 9.11. The lowest BCUT2D eigenvalue weighted by molar-refractivity contribution is 0.0977. The predicted octanol–water partition coefficient (Wildman–Crippen LogP) is 2.80. The number of phenolic OH excluding ortho intramolecular Hbond substituents is 4. The van der Waals surface area contributed by atoms with E-state index in [1.54, 1.807) is 6.07 Å². The Labute approximate surface area is 155 Å². The first-order valence-corrected chi connectivity index (χ1v) is 8.88. The van der Waals surface area contributed by atoms with Gasteiger partial charge in [-0.2, -0.15) is 0 Å². The Morgan fingerprint density at radius 3 is 2.28 bits per heavy atom. The number of amides is 1. The summed E-state index contributed by atoms with van der Waals surface area (Å²) in [7, 11) is 0. The minimum absolute atomic E-state index is 0.167. The second-order valence-electron chi connectivity index (χ2n) is 5.25. The highest BCUT2D eigenvalue weighted by atomic mass is 79.9. The third kappa shape index (κ3) is 3.67. The van der Waals surface area contributed by atoms with Crippen molar-refractivity contribution in [1.82, 2.24) is 5.32 Å². The topological polar surface area (TPSA) is 122 Å². The summed E-state index contributed by atoms with van der Waals surface area (Å²) < 4.78 is -0.167. The number of aliphatic imine (C=N–C) groups is 1. The van der Waals surface area contributed by atoms with Gasteiger partial charge in [-0.05, 0) is 35.9 Å². The summed E-state index contributed by atoms with van der Waals surface area (Å²) in [5.41, 5.74) is 0.853. The first kappa shape index (κ1) is 17.4. The minimum atomic E-state index is -0.476. The number of amidine groups is 1. The molecule has 9 heteroatoms. The summed E-state index contributed by atoms with van der Waals surface area (Å²) >= 11 is 4.76. The van der Waals surface area contributed by atoms with E-state index in [9.17, 15) is 25.2 Å². The van der Waals surface area contributed by atoms with Crippen LogP contribution < -0.4 is 5.32 Å². The minimum Gasteiger partial charge on any atom is -0.504 e. The Morgan fingerprint density at radius 1 is 1.00 bits per heavy atom. The second-order valence-corrected chi connectivity index (χ2v) is 7.98. The summed E-state index contributed by atoms with van der Waals surface area (Å²) in [6.45, 7) is 0. The average molecular weight is 425 g/mol. The van der Waals surface area contributed by atoms with Gasteiger partial charge in [0.05, 0.1) is 4.16 Å². The van der Waals surface area contributed by atoms with Crippen LogP contribution in [0.4, 0.5) is 0 Å². The standard InChI is InChI=1S/C16H13BrN2O5S/c17-14-13(7-1-3-9(20)11(22)5-7)18-16(25-14)19-15(24)8-2-4-10(21)12(23)6-8/h1-6,13-14,20-23H,(H,18,19,24)/t13?,14-/m0/s1. The van der Waals surface area contributed by atoms with E-state index >= 15 is 0 Å². The van der Waals surface area contributed by atoms with Crippen molar-refractivity contribution in [2.75, 3.05) is 0 Å². The van der Waals surface area contributed by atoms with Crippen molar-refractivity contribution >= 4 is 38.8 Å².